The van der Waals surface area contributed by atoms with E-state index in [9.17, 15) is 9.18 Å². The zero-order chi connectivity index (χ0) is 20.6. The summed E-state index contributed by atoms with van der Waals surface area (Å²) in [6.07, 6.45) is 4.71. The SMILES string of the molecule is CCN(CC1CCCN(CCc2cccc(F)c2)C1)C(=O)c1cccnc1OC. The quantitative estimate of drug-likeness (QED) is 0.680. The molecule has 1 unspecified atom stereocenters. The average molecular weight is 400 g/mol. The van der Waals surface area contributed by atoms with E-state index >= 15 is 0 Å². The molecular weight excluding hydrogens is 369 g/mol. The number of aromatic nitrogens is 1. The predicted molar refractivity (Wildman–Crippen MR) is 112 cm³/mol. The third kappa shape index (κ3) is 5.76. The first-order valence-electron chi connectivity index (χ1n) is 10.4. The zero-order valence-electron chi connectivity index (χ0n) is 17.3. The lowest BCUT2D eigenvalue weighted by molar-refractivity contribution is 0.0686. The summed E-state index contributed by atoms with van der Waals surface area (Å²) in [6.45, 7) is 6.31. The lowest BCUT2D eigenvalue weighted by Gasteiger charge is -2.35. The van der Waals surface area contributed by atoms with Gasteiger partial charge in [-0.05, 0) is 68.5 Å². The Kier molecular flexibility index (Phi) is 7.58. The molecule has 156 valence electrons. The highest BCUT2D eigenvalue weighted by molar-refractivity contribution is 5.96. The monoisotopic (exact) mass is 399 g/mol. The van der Waals surface area contributed by atoms with Gasteiger partial charge in [-0.3, -0.25) is 4.79 Å². The first-order valence-corrected chi connectivity index (χ1v) is 10.4. The second-order valence-electron chi connectivity index (χ2n) is 7.59. The fraction of sp³-hybridized carbons (Fsp3) is 0.478. The number of piperidine rings is 1. The molecule has 0 saturated carbocycles. The van der Waals surface area contributed by atoms with Crippen molar-refractivity contribution in [2.75, 3.05) is 39.8 Å². The molecule has 0 spiro atoms. The van der Waals surface area contributed by atoms with Gasteiger partial charge < -0.3 is 14.5 Å². The van der Waals surface area contributed by atoms with E-state index in [1.165, 1.54) is 13.2 Å². The number of ether oxygens (including phenoxy) is 1. The van der Waals surface area contributed by atoms with Gasteiger partial charge in [0.05, 0.1) is 7.11 Å². The number of methoxy groups -OCH3 is 1. The van der Waals surface area contributed by atoms with Gasteiger partial charge in [0.25, 0.3) is 5.91 Å². The molecule has 1 aromatic carbocycles. The Bertz CT molecular complexity index is 814. The van der Waals surface area contributed by atoms with Crippen LogP contribution in [0.4, 0.5) is 4.39 Å². The lowest BCUT2D eigenvalue weighted by Crippen LogP contribution is -2.43. The highest BCUT2D eigenvalue weighted by Gasteiger charge is 2.25. The van der Waals surface area contributed by atoms with Crippen LogP contribution in [0.1, 0.15) is 35.7 Å². The van der Waals surface area contributed by atoms with Gasteiger partial charge in [0, 0.05) is 32.4 Å². The summed E-state index contributed by atoms with van der Waals surface area (Å²) in [4.78, 5) is 21.5. The van der Waals surface area contributed by atoms with Crippen LogP contribution in [0.3, 0.4) is 0 Å². The van der Waals surface area contributed by atoms with Crippen LogP contribution in [0, 0.1) is 11.7 Å². The average Bonchev–Trinajstić information content (AvgIpc) is 2.76. The second-order valence-corrected chi connectivity index (χ2v) is 7.59. The number of halogens is 1. The molecule has 29 heavy (non-hydrogen) atoms. The third-order valence-electron chi connectivity index (χ3n) is 5.55. The van der Waals surface area contributed by atoms with Crippen LogP contribution in [0.15, 0.2) is 42.6 Å². The molecule has 1 aromatic heterocycles. The number of benzene rings is 1. The van der Waals surface area contributed by atoms with Gasteiger partial charge in [0.2, 0.25) is 5.88 Å². The number of pyridine rings is 1. The molecular formula is C23H30FN3O2. The number of likely N-dealkylation sites (tertiary alicyclic amines) is 1. The number of carbonyl (C=O) groups excluding carboxylic acids is 1. The van der Waals surface area contributed by atoms with E-state index in [4.69, 9.17) is 4.74 Å². The highest BCUT2D eigenvalue weighted by atomic mass is 19.1. The number of nitrogens with zero attached hydrogens (tertiary/aromatic N) is 3. The second kappa shape index (κ2) is 10.3. The Balaban J connectivity index is 1.57. The standard InChI is InChI=1S/C23H30FN3O2/c1-3-27(23(28)21-10-5-12-25-22(21)29-2)17-19-8-6-13-26(16-19)14-11-18-7-4-9-20(24)15-18/h4-5,7,9-10,12,15,19H,3,6,8,11,13-14,16-17H2,1-2H3. The van der Waals surface area contributed by atoms with Crippen LogP contribution in [0.25, 0.3) is 0 Å². The molecule has 1 fully saturated rings. The molecule has 1 atom stereocenters. The first-order chi connectivity index (χ1) is 14.1. The number of hydrogen-bond donors (Lipinski definition) is 0. The maximum Gasteiger partial charge on any atom is 0.259 e. The van der Waals surface area contributed by atoms with Crippen molar-refractivity contribution in [3.05, 3.63) is 59.5 Å². The molecule has 2 aromatic rings. The Labute approximate surface area is 172 Å². The summed E-state index contributed by atoms with van der Waals surface area (Å²) in [5.41, 5.74) is 1.54. The minimum absolute atomic E-state index is 0.0330. The van der Waals surface area contributed by atoms with Gasteiger partial charge >= 0.3 is 0 Å². The van der Waals surface area contributed by atoms with Crippen molar-refractivity contribution < 1.29 is 13.9 Å². The molecule has 2 heterocycles. The van der Waals surface area contributed by atoms with Crippen molar-refractivity contribution in [1.82, 2.24) is 14.8 Å². The highest BCUT2D eigenvalue weighted by Crippen LogP contribution is 2.21. The van der Waals surface area contributed by atoms with Crippen LogP contribution in [-0.4, -0.2) is 60.5 Å². The van der Waals surface area contributed by atoms with Gasteiger partial charge in [-0.2, -0.15) is 0 Å². The minimum Gasteiger partial charge on any atom is -0.480 e. The molecule has 1 aliphatic heterocycles. The van der Waals surface area contributed by atoms with E-state index in [2.05, 4.69) is 9.88 Å². The van der Waals surface area contributed by atoms with Gasteiger partial charge in [-0.25, -0.2) is 9.37 Å². The van der Waals surface area contributed by atoms with E-state index in [0.717, 1.165) is 51.0 Å². The fourth-order valence-corrected chi connectivity index (χ4v) is 4.04. The van der Waals surface area contributed by atoms with Crippen molar-refractivity contribution in [3.8, 4) is 5.88 Å². The minimum atomic E-state index is -0.179. The maximum atomic E-state index is 13.4. The molecule has 0 bridgehead atoms. The molecule has 1 amide bonds. The van der Waals surface area contributed by atoms with Crippen molar-refractivity contribution in [1.29, 1.82) is 0 Å². The summed E-state index contributed by atoms with van der Waals surface area (Å²) < 4.78 is 18.6. The summed E-state index contributed by atoms with van der Waals surface area (Å²) in [5.74, 6) is 0.593. The Hall–Kier alpha value is -2.47. The van der Waals surface area contributed by atoms with Crippen LogP contribution >= 0.6 is 0 Å². The zero-order valence-corrected chi connectivity index (χ0v) is 17.3. The Morgan fingerprint density at radius 2 is 2.21 bits per heavy atom. The molecule has 1 aliphatic rings. The van der Waals surface area contributed by atoms with Crippen LogP contribution in [0.5, 0.6) is 5.88 Å². The van der Waals surface area contributed by atoms with Gasteiger partial charge in [0.15, 0.2) is 0 Å². The first kappa shape index (κ1) is 21.2. The lowest BCUT2D eigenvalue weighted by atomic mass is 9.96. The Morgan fingerprint density at radius 3 is 2.97 bits per heavy atom. The number of carbonyl (C=O) groups is 1. The third-order valence-corrected chi connectivity index (χ3v) is 5.55. The van der Waals surface area contributed by atoms with Crippen molar-refractivity contribution >= 4 is 5.91 Å². The van der Waals surface area contributed by atoms with Crippen molar-refractivity contribution in [2.24, 2.45) is 5.92 Å². The molecule has 0 N–H and O–H groups in total. The maximum absolute atomic E-state index is 13.4. The smallest absolute Gasteiger partial charge is 0.259 e. The van der Waals surface area contributed by atoms with Gasteiger partial charge in [-0.1, -0.05) is 12.1 Å². The van der Waals surface area contributed by atoms with E-state index in [-0.39, 0.29) is 11.7 Å². The predicted octanol–water partition coefficient (Wildman–Crippen LogP) is 3.65. The summed E-state index contributed by atoms with van der Waals surface area (Å²) in [5, 5.41) is 0. The topological polar surface area (TPSA) is 45.7 Å². The largest absolute Gasteiger partial charge is 0.480 e. The number of hydrogen-bond acceptors (Lipinski definition) is 4. The number of rotatable bonds is 8. The normalized spacial score (nSPS) is 17.1. The fourth-order valence-electron chi connectivity index (χ4n) is 4.04. The Morgan fingerprint density at radius 1 is 1.34 bits per heavy atom. The van der Waals surface area contributed by atoms with Crippen molar-refractivity contribution in [2.45, 2.75) is 26.2 Å². The number of amides is 1. The molecule has 5 nitrogen and oxygen atoms in total. The van der Waals surface area contributed by atoms with Crippen LogP contribution < -0.4 is 4.74 Å². The van der Waals surface area contributed by atoms with E-state index in [0.29, 0.717) is 23.9 Å². The van der Waals surface area contributed by atoms with Gasteiger partial charge in [0.1, 0.15) is 11.4 Å². The van der Waals surface area contributed by atoms with E-state index in [1.54, 1.807) is 30.5 Å². The molecule has 6 heteroatoms. The molecule has 3 rings (SSSR count). The van der Waals surface area contributed by atoms with Crippen molar-refractivity contribution in [3.63, 3.8) is 0 Å². The molecule has 1 saturated heterocycles. The van der Waals surface area contributed by atoms with Crippen LogP contribution in [-0.2, 0) is 6.42 Å². The molecule has 0 radical (unpaired) electrons. The van der Waals surface area contributed by atoms with E-state index in [1.807, 2.05) is 17.9 Å². The summed E-state index contributed by atoms with van der Waals surface area (Å²) >= 11 is 0. The van der Waals surface area contributed by atoms with E-state index < -0.39 is 0 Å². The van der Waals surface area contributed by atoms with Gasteiger partial charge in [-0.15, -0.1) is 0 Å². The van der Waals surface area contributed by atoms with Crippen LogP contribution in [0.2, 0.25) is 0 Å². The summed E-state index contributed by atoms with van der Waals surface area (Å²) in [7, 11) is 1.53. The summed E-state index contributed by atoms with van der Waals surface area (Å²) in [6, 6.07) is 10.4. The molecule has 0 aliphatic carbocycles.